The Balaban J connectivity index is 2.26. The minimum absolute atomic E-state index is 0.217. The summed E-state index contributed by atoms with van der Waals surface area (Å²) in [7, 11) is 0. The molecule has 4 N–H and O–H groups in total. The highest BCUT2D eigenvalue weighted by atomic mass is 16.1. The molecule has 1 aliphatic rings. The van der Waals surface area contributed by atoms with E-state index in [0.29, 0.717) is 6.54 Å². The molecule has 1 saturated heterocycles. The van der Waals surface area contributed by atoms with Gasteiger partial charge in [-0.1, -0.05) is 6.07 Å². The second-order valence-electron chi connectivity index (χ2n) is 3.59. The first-order chi connectivity index (χ1) is 7.24. The van der Waals surface area contributed by atoms with Crippen LogP contribution in [0.1, 0.15) is 12.0 Å². The van der Waals surface area contributed by atoms with Crippen LogP contribution in [0.3, 0.4) is 0 Å². The number of hydrogen-bond acceptors (Lipinski definition) is 4. The van der Waals surface area contributed by atoms with Crippen LogP contribution in [0.5, 0.6) is 0 Å². The number of amides is 1. The van der Waals surface area contributed by atoms with Crippen molar-refractivity contribution in [2.24, 2.45) is 11.5 Å². The molecule has 1 aliphatic heterocycles. The number of primary amides is 1. The van der Waals surface area contributed by atoms with Gasteiger partial charge < -0.3 is 16.4 Å². The molecule has 1 unspecified atom stereocenters. The fraction of sp³-hybridized carbons (Fsp3) is 0.400. The molecule has 1 amide bonds. The predicted molar refractivity (Wildman–Crippen MR) is 57.1 cm³/mol. The third-order valence-corrected chi connectivity index (χ3v) is 2.71. The Kier molecular flexibility index (Phi) is 2.55. The quantitative estimate of drug-likeness (QED) is 0.705. The average molecular weight is 206 g/mol. The Morgan fingerprint density at radius 3 is 3.00 bits per heavy atom. The van der Waals surface area contributed by atoms with Gasteiger partial charge in [0.25, 0.3) is 0 Å². The molecule has 15 heavy (non-hydrogen) atoms. The Bertz CT molecular complexity index is 379. The zero-order chi connectivity index (χ0) is 10.8. The SMILES string of the molecule is NCc1cccnc1N1CCC1C(N)=O. The first kappa shape index (κ1) is 9.92. The van der Waals surface area contributed by atoms with Crippen LogP contribution >= 0.6 is 0 Å². The zero-order valence-electron chi connectivity index (χ0n) is 8.39. The van der Waals surface area contributed by atoms with E-state index >= 15 is 0 Å². The van der Waals surface area contributed by atoms with Gasteiger partial charge in [-0.15, -0.1) is 0 Å². The van der Waals surface area contributed by atoms with E-state index in [4.69, 9.17) is 11.5 Å². The lowest BCUT2D eigenvalue weighted by Crippen LogP contribution is -2.55. The van der Waals surface area contributed by atoms with Crippen LogP contribution in [0.2, 0.25) is 0 Å². The van der Waals surface area contributed by atoms with Crippen LogP contribution in [0.15, 0.2) is 18.3 Å². The molecule has 0 aliphatic carbocycles. The van der Waals surface area contributed by atoms with Crippen molar-refractivity contribution in [3.63, 3.8) is 0 Å². The van der Waals surface area contributed by atoms with Crippen molar-refractivity contribution in [3.8, 4) is 0 Å². The van der Waals surface area contributed by atoms with Crippen LogP contribution in [-0.4, -0.2) is 23.5 Å². The van der Waals surface area contributed by atoms with Gasteiger partial charge in [-0.25, -0.2) is 4.98 Å². The average Bonchev–Trinajstić information content (AvgIpc) is 2.16. The first-order valence-electron chi connectivity index (χ1n) is 4.94. The van der Waals surface area contributed by atoms with E-state index in [0.717, 1.165) is 24.3 Å². The van der Waals surface area contributed by atoms with E-state index < -0.39 is 0 Å². The van der Waals surface area contributed by atoms with Crippen molar-refractivity contribution in [1.82, 2.24) is 4.98 Å². The highest BCUT2D eigenvalue weighted by Crippen LogP contribution is 2.26. The molecule has 0 saturated carbocycles. The highest BCUT2D eigenvalue weighted by molar-refractivity contribution is 5.85. The van der Waals surface area contributed by atoms with Gasteiger partial charge in [0.2, 0.25) is 5.91 Å². The Labute approximate surface area is 88.1 Å². The summed E-state index contributed by atoms with van der Waals surface area (Å²) in [4.78, 5) is 17.2. The van der Waals surface area contributed by atoms with Crippen molar-refractivity contribution in [3.05, 3.63) is 23.9 Å². The molecule has 0 spiro atoms. The van der Waals surface area contributed by atoms with E-state index in [-0.39, 0.29) is 11.9 Å². The van der Waals surface area contributed by atoms with Gasteiger partial charge in [-0.3, -0.25) is 4.79 Å². The van der Waals surface area contributed by atoms with Crippen molar-refractivity contribution in [2.45, 2.75) is 19.0 Å². The number of hydrogen-bond donors (Lipinski definition) is 2. The second kappa shape index (κ2) is 3.86. The molecule has 80 valence electrons. The second-order valence-corrected chi connectivity index (χ2v) is 3.59. The third-order valence-electron chi connectivity index (χ3n) is 2.71. The van der Waals surface area contributed by atoms with E-state index in [1.807, 2.05) is 17.0 Å². The molecule has 1 aromatic heterocycles. The molecule has 2 heterocycles. The van der Waals surface area contributed by atoms with E-state index in [1.54, 1.807) is 6.20 Å². The minimum atomic E-state index is -0.296. The van der Waals surface area contributed by atoms with Crippen molar-refractivity contribution in [1.29, 1.82) is 0 Å². The first-order valence-corrected chi connectivity index (χ1v) is 4.94. The molecule has 1 aromatic rings. The number of nitrogens with two attached hydrogens (primary N) is 2. The minimum Gasteiger partial charge on any atom is -0.368 e. The maximum Gasteiger partial charge on any atom is 0.240 e. The summed E-state index contributed by atoms with van der Waals surface area (Å²) in [6.45, 7) is 1.24. The number of carbonyl (C=O) groups is 1. The third kappa shape index (κ3) is 1.66. The maximum atomic E-state index is 11.1. The van der Waals surface area contributed by atoms with Gasteiger partial charge in [-0.2, -0.15) is 0 Å². The number of carbonyl (C=O) groups excluding carboxylic acids is 1. The van der Waals surface area contributed by atoms with Gasteiger partial charge in [0.1, 0.15) is 11.9 Å². The smallest absolute Gasteiger partial charge is 0.240 e. The highest BCUT2D eigenvalue weighted by Gasteiger charge is 2.34. The van der Waals surface area contributed by atoms with Gasteiger partial charge in [-0.05, 0) is 12.5 Å². The molecule has 1 atom stereocenters. The Hall–Kier alpha value is -1.62. The number of rotatable bonds is 3. The molecular formula is C10H14N4O. The maximum absolute atomic E-state index is 11.1. The lowest BCUT2D eigenvalue weighted by atomic mass is 10.0. The fourth-order valence-corrected chi connectivity index (χ4v) is 1.78. The van der Waals surface area contributed by atoms with Crippen LogP contribution in [0.4, 0.5) is 5.82 Å². The summed E-state index contributed by atoms with van der Waals surface area (Å²) in [5.74, 6) is 0.491. The molecule has 0 radical (unpaired) electrons. The van der Waals surface area contributed by atoms with Gasteiger partial charge in [0.05, 0.1) is 0 Å². The molecule has 0 bridgehead atoms. The summed E-state index contributed by atoms with van der Waals surface area (Å²) < 4.78 is 0. The molecule has 5 heteroatoms. The van der Waals surface area contributed by atoms with Crippen molar-refractivity contribution < 1.29 is 4.79 Å². The standard InChI is InChI=1S/C10H14N4O/c11-6-7-2-1-4-13-10(7)14-5-3-8(14)9(12)15/h1-2,4,8H,3,5-6,11H2,(H2,12,15). The van der Waals surface area contributed by atoms with Gasteiger partial charge in [0.15, 0.2) is 0 Å². The monoisotopic (exact) mass is 206 g/mol. The van der Waals surface area contributed by atoms with E-state index in [1.165, 1.54) is 0 Å². The number of pyridine rings is 1. The van der Waals surface area contributed by atoms with Crippen LogP contribution in [0, 0.1) is 0 Å². The number of aromatic nitrogens is 1. The van der Waals surface area contributed by atoms with Crippen molar-refractivity contribution in [2.75, 3.05) is 11.4 Å². The normalized spacial score (nSPS) is 19.8. The lowest BCUT2D eigenvalue weighted by Gasteiger charge is -2.40. The van der Waals surface area contributed by atoms with Crippen LogP contribution in [-0.2, 0) is 11.3 Å². The molecular weight excluding hydrogens is 192 g/mol. The summed E-state index contributed by atoms with van der Waals surface area (Å²) in [6.07, 6.45) is 2.50. The number of nitrogens with zero attached hydrogens (tertiary/aromatic N) is 2. The van der Waals surface area contributed by atoms with E-state index in [9.17, 15) is 4.79 Å². The summed E-state index contributed by atoms with van der Waals surface area (Å²) >= 11 is 0. The Morgan fingerprint density at radius 1 is 1.67 bits per heavy atom. The summed E-state index contributed by atoms with van der Waals surface area (Å²) in [5.41, 5.74) is 11.8. The topological polar surface area (TPSA) is 85.2 Å². The fourth-order valence-electron chi connectivity index (χ4n) is 1.78. The lowest BCUT2D eigenvalue weighted by molar-refractivity contribution is -0.120. The zero-order valence-corrected chi connectivity index (χ0v) is 8.39. The molecule has 1 fully saturated rings. The van der Waals surface area contributed by atoms with Gasteiger partial charge in [0, 0.05) is 24.8 Å². The van der Waals surface area contributed by atoms with Gasteiger partial charge >= 0.3 is 0 Å². The van der Waals surface area contributed by atoms with Crippen LogP contribution in [0.25, 0.3) is 0 Å². The molecule has 2 rings (SSSR count). The Morgan fingerprint density at radius 2 is 2.47 bits per heavy atom. The molecule has 0 aromatic carbocycles. The van der Waals surface area contributed by atoms with E-state index in [2.05, 4.69) is 4.98 Å². The summed E-state index contributed by atoms with van der Waals surface area (Å²) in [5, 5.41) is 0. The largest absolute Gasteiger partial charge is 0.368 e. The van der Waals surface area contributed by atoms with Crippen molar-refractivity contribution >= 4 is 11.7 Å². The summed E-state index contributed by atoms with van der Waals surface area (Å²) in [6, 6.07) is 3.54. The predicted octanol–water partition coefficient (Wildman–Crippen LogP) is -0.396. The molecule has 5 nitrogen and oxygen atoms in total. The van der Waals surface area contributed by atoms with Crippen LogP contribution < -0.4 is 16.4 Å². The number of anilines is 1.